The van der Waals surface area contributed by atoms with Gasteiger partial charge >= 0.3 is 5.76 Å². The summed E-state index contributed by atoms with van der Waals surface area (Å²) in [6, 6.07) is 17.6. The lowest BCUT2D eigenvalue weighted by atomic mass is 9.96. The van der Waals surface area contributed by atoms with Crippen molar-refractivity contribution in [1.29, 1.82) is 0 Å². The first kappa shape index (κ1) is 18.0. The first-order valence-electron chi connectivity index (χ1n) is 9.09. The number of nitrogens with one attached hydrogen (secondary N) is 1. The summed E-state index contributed by atoms with van der Waals surface area (Å²) in [5, 5.41) is 3.01. The molecule has 3 aromatic rings. The Morgan fingerprint density at radius 1 is 1.12 bits per heavy atom. The quantitative estimate of drug-likeness (QED) is 0.672. The maximum Gasteiger partial charge on any atom is 0.419 e. The number of carbonyl (C=O) groups excluding carboxylic acids is 1. The van der Waals surface area contributed by atoms with E-state index in [1.54, 1.807) is 10.6 Å². The summed E-state index contributed by atoms with van der Waals surface area (Å²) in [5.41, 5.74) is 2.59. The van der Waals surface area contributed by atoms with Crippen molar-refractivity contribution in [1.82, 2.24) is 9.88 Å². The average molecular weight is 352 g/mol. The first-order valence-corrected chi connectivity index (χ1v) is 9.09. The van der Waals surface area contributed by atoms with Crippen LogP contribution in [0.4, 0.5) is 0 Å². The molecule has 136 valence electrons. The van der Waals surface area contributed by atoms with Gasteiger partial charge < -0.3 is 9.73 Å². The number of aromatic nitrogens is 1. The van der Waals surface area contributed by atoms with Crippen molar-refractivity contribution in [3.63, 3.8) is 0 Å². The second-order valence-electron chi connectivity index (χ2n) is 6.41. The summed E-state index contributed by atoms with van der Waals surface area (Å²) >= 11 is 0. The second kappa shape index (κ2) is 8.52. The van der Waals surface area contributed by atoms with Gasteiger partial charge in [0.25, 0.3) is 0 Å². The first-order chi connectivity index (χ1) is 12.7. The maximum atomic E-state index is 12.1. The van der Waals surface area contributed by atoms with Crippen LogP contribution in [-0.4, -0.2) is 17.0 Å². The summed E-state index contributed by atoms with van der Waals surface area (Å²) in [6.07, 6.45) is 1.95. The molecule has 0 aliphatic rings. The molecule has 1 heterocycles. The molecule has 1 N–H and O–H groups in total. The number of hydrogen-bond donors (Lipinski definition) is 1. The van der Waals surface area contributed by atoms with E-state index in [2.05, 4.69) is 24.4 Å². The molecule has 0 fully saturated rings. The van der Waals surface area contributed by atoms with E-state index in [0.29, 0.717) is 37.4 Å². The molecular formula is C21H24N2O3. The molecule has 0 saturated heterocycles. The number of benzene rings is 2. The van der Waals surface area contributed by atoms with Crippen LogP contribution in [0.15, 0.2) is 63.8 Å². The van der Waals surface area contributed by atoms with E-state index in [9.17, 15) is 9.59 Å². The molecule has 2 aromatic carbocycles. The van der Waals surface area contributed by atoms with Crippen LogP contribution in [0, 0.1) is 0 Å². The Balaban J connectivity index is 1.50. The third kappa shape index (κ3) is 4.23. The molecule has 5 heteroatoms. The fourth-order valence-electron chi connectivity index (χ4n) is 3.17. The lowest BCUT2D eigenvalue weighted by Gasteiger charge is -2.16. The molecule has 0 spiro atoms. The fraction of sp³-hybridized carbons (Fsp3) is 0.333. The van der Waals surface area contributed by atoms with Crippen LogP contribution < -0.4 is 11.1 Å². The highest BCUT2D eigenvalue weighted by atomic mass is 16.4. The maximum absolute atomic E-state index is 12.1. The zero-order valence-corrected chi connectivity index (χ0v) is 15.0. The van der Waals surface area contributed by atoms with Gasteiger partial charge in [-0.05, 0) is 30.5 Å². The molecule has 1 aromatic heterocycles. The lowest BCUT2D eigenvalue weighted by Crippen LogP contribution is -2.28. The van der Waals surface area contributed by atoms with Gasteiger partial charge in [-0.3, -0.25) is 9.36 Å². The SMILES string of the molecule is CCC(CNC(=O)CCCn1c(=O)oc2ccccc21)c1ccccc1. The smallest absolute Gasteiger partial charge is 0.408 e. The van der Waals surface area contributed by atoms with Crippen molar-refractivity contribution < 1.29 is 9.21 Å². The van der Waals surface area contributed by atoms with Gasteiger partial charge in [0, 0.05) is 25.4 Å². The van der Waals surface area contributed by atoms with E-state index >= 15 is 0 Å². The number of rotatable bonds is 8. The van der Waals surface area contributed by atoms with Crippen LogP contribution in [0.25, 0.3) is 11.1 Å². The number of oxazole rings is 1. The Morgan fingerprint density at radius 2 is 1.85 bits per heavy atom. The Kier molecular flexibility index (Phi) is 5.89. The van der Waals surface area contributed by atoms with Gasteiger partial charge in [-0.15, -0.1) is 0 Å². The largest absolute Gasteiger partial charge is 0.419 e. The van der Waals surface area contributed by atoms with E-state index in [-0.39, 0.29) is 11.7 Å². The Morgan fingerprint density at radius 3 is 2.62 bits per heavy atom. The van der Waals surface area contributed by atoms with Crippen LogP contribution in [0.2, 0.25) is 0 Å². The number of nitrogens with zero attached hydrogens (tertiary/aromatic N) is 1. The summed E-state index contributed by atoms with van der Waals surface area (Å²) in [5.74, 6) is -0.0393. The van der Waals surface area contributed by atoms with Crippen molar-refractivity contribution in [2.45, 2.75) is 38.6 Å². The predicted molar refractivity (Wildman–Crippen MR) is 102 cm³/mol. The zero-order valence-electron chi connectivity index (χ0n) is 15.0. The van der Waals surface area contributed by atoms with E-state index in [1.165, 1.54) is 5.56 Å². The highest BCUT2D eigenvalue weighted by Crippen LogP contribution is 2.18. The van der Waals surface area contributed by atoms with Crippen molar-refractivity contribution in [2.24, 2.45) is 0 Å². The molecule has 26 heavy (non-hydrogen) atoms. The van der Waals surface area contributed by atoms with Crippen LogP contribution >= 0.6 is 0 Å². The van der Waals surface area contributed by atoms with Gasteiger partial charge in [0.15, 0.2) is 5.58 Å². The highest BCUT2D eigenvalue weighted by molar-refractivity contribution is 5.76. The standard InChI is InChI=1S/C21H24N2O3/c1-2-16(17-9-4-3-5-10-17)15-22-20(24)13-8-14-23-18-11-6-7-12-19(18)26-21(23)25/h3-7,9-12,16H,2,8,13-15H2,1H3,(H,22,24). The topological polar surface area (TPSA) is 64.2 Å². The molecular weight excluding hydrogens is 328 g/mol. The number of carbonyl (C=O) groups is 1. The summed E-state index contributed by atoms with van der Waals surface area (Å²) in [4.78, 5) is 24.1. The molecule has 3 rings (SSSR count). The van der Waals surface area contributed by atoms with E-state index in [0.717, 1.165) is 11.9 Å². The van der Waals surface area contributed by atoms with Crippen molar-refractivity contribution in [2.75, 3.05) is 6.54 Å². The molecule has 0 radical (unpaired) electrons. The van der Waals surface area contributed by atoms with Gasteiger partial charge in [-0.2, -0.15) is 0 Å². The minimum Gasteiger partial charge on any atom is -0.408 e. The normalized spacial score (nSPS) is 12.2. The monoisotopic (exact) mass is 352 g/mol. The van der Waals surface area contributed by atoms with Gasteiger partial charge in [0.1, 0.15) is 0 Å². The summed E-state index contributed by atoms with van der Waals surface area (Å²) < 4.78 is 6.79. The predicted octanol–water partition coefficient (Wildman–Crippen LogP) is 3.68. The minimum atomic E-state index is -0.373. The lowest BCUT2D eigenvalue weighted by molar-refractivity contribution is -0.121. The summed E-state index contributed by atoms with van der Waals surface area (Å²) in [7, 11) is 0. The Bertz CT molecular complexity index is 912. The van der Waals surface area contributed by atoms with E-state index in [1.807, 2.05) is 36.4 Å². The molecule has 1 atom stereocenters. The Hall–Kier alpha value is -2.82. The molecule has 5 nitrogen and oxygen atoms in total. The van der Waals surface area contributed by atoms with Crippen molar-refractivity contribution in [3.8, 4) is 0 Å². The van der Waals surface area contributed by atoms with Gasteiger partial charge in [-0.25, -0.2) is 4.79 Å². The molecule has 1 unspecified atom stereocenters. The second-order valence-corrected chi connectivity index (χ2v) is 6.41. The van der Waals surface area contributed by atoms with E-state index in [4.69, 9.17) is 4.42 Å². The van der Waals surface area contributed by atoms with Gasteiger partial charge in [0.2, 0.25) is 5.91 Å². The van der Waals surface area contributed by atoms with Crippen LogP contribution in [-0.2, 0) is 11.3 Å². The van der Waals surface area contributed by atoms with Crippen molar-refractivity contribution in [3.05, 3.63) is 70.7 Å². The van der Waals surface area contributed by atoms with E-state index < -0.39 is 0 Å². The number of fused-ring (bicyclic) bond motifs is 1. The third-order valence-corrected chi connectivity index (χ3v) is 4.67. The van der Waals surface area contributed by atoms with Gasteiger partial charge in [-0.1, -0.05) is 49.4 Å². The number of hydrogen-bond acceptors (Lipinski definition) is 3. The van der Waals surface area contributed by atoms with Crippen LogP contribution in [0.3, 0.4) is 0 Å². The number of para-hydroxylation sites is 2. The molecule has 0 bridgehead atoms. The average Bonchev–Trinajstić information content (AvgIpc) is 2.98. The zero-order chi connectivity index (χ0) is 18.4. The van der Waals surface area contributed by atoms with Crippen LogP contribution in [0.1, 0.15) is 37.7 Å². The van der Waals surface area contributed by atoms with Crippen LogP contribution in [0.5, 0.6) is 0 Å². The Labute approximate surface area is 152 Å². The molecule has 0 aliphatic carbocycles. The number of amides is 1. The molecule has 1 amide bonds. The fourth-order valence-corrected chi connectivity index (χ4v) is 3.17. The summed E-state index contributed by atoms with van der Waals surface area (Å²) in [6.45, 7) is 3.23. The molecule has 0 saturated carbocycles. The van der Waals surface area contributed by atoms with Crippen molar-refractivity contribution >= 4 is 17.0 Å². The van der Waals surface area contributed by atoms with Gasteiger partial charge in [0.05, 0.1) is 5.52 Å². The minimum absolute atomic E-state index is 0.0141. The highest BCUT2D eigenvalue weighted by Gasteiger charge is 2.12. The molecule has 0 aliphatic heterocycles. The number of aryl methyl sites for hydroxylation is 1. The third-order valence-electron chi connectivity index (χ3n) is 4.67.